The lowest BCUT2D eigenvalue weighted by atomic mass is 10.1. The van der Waals surface area contributed by atoms with Crippen molar-refractivity contribution in [2.75, 3.05) is 4.72 Å². The van der Waals surface area contributed by atoms with Crippen molar-refractivity contribution in [3.63, 3.8) is 0 Å². The largest absolute Gasteiger partial charge is 0.478 e. The number of anilines is 1. The van der Waals surface area contributed by atoms with Gasteiger partial charge in [0.1, 0.15) is 0 Å². The molecule has 3 aromatic carbocycles. The molecule has 3 rings (SSSR count). The average molecular weight is 486 g/mol. The SMILES string of the molecule is Cc1ccc(S(=O)(=O)Nc2ccc(C(=O)NNC(=O)C(C)Oc3ccccc3F)cc2)cc1C. The second-order valence-electron chi connectivity index (χ2n) is 7.56. The van der Waals surface area contributed by atoms with Crippen LogP contribution < -0.4 is 20.3 Å². The van der Waals surface area contributed by atoms with E-state index in [4.69, 9.17) is 4.74 Å². The number of carbonyl (C=O) groups is 2. The van der Waals surface area contributed by atoms with Crippen molar-refractivity contribution in [2.45, 2.75) is 31.8 Å². The highest BCUT2D eigenvalue weighted by molar-refractivity contribution is 7.92. The fraction of sp³-hybridized carbons (Fsp3) is 0.167. The van der Waals surface area contributed by atoms with Gasteiger partial charge >= 0.3 is 0 Å². The van der Waals surface area contributed by atoms with Gasteiger partial charge in [-0.1, -0.05) is 18.2 Å². The summed E-state index contributed by atoms with van der Waals surface area (Å²) >= 11 is 0. The smallest absolute Gasteiger partial charge is 0.279 e. The Morgan fingerprint density at radius 3 is 2.24 bits per heavy atom. The first-order chi connectivity index (χ1) is 16.1. The number of nitrogens with one attached hydrogen (secondary N) is 3. The summed E-state index contributed by atoms with van der Waals surface area (Å²) in [4.78, 5) is 24.6. The zero-order valence-electron chi connectivity index (χ0n) is 18.8. The number of ether oxygens (including phenoxy) is 1. The molecule has 10 heteroatoms. The number of hydrogen-bond acceptors (Lipinski definition) is 5. The van der Waals surface area contributed by atoms with E-state index in [1.807, 2.05) is 13.8 Å². The first-order valence-corrected chi connectivity index (χ1v) is 11.8. The molecule has 0 bridgehead atoms. The summed E-state index contributed by atoms with van der Waals surface area (Å²) in [5, 5.41) is 0. The quantitative estimate of drug-likeness (QED) is 0.444. The van der Waals surface area contributed by atoms with Crippen molar-refractivity contribution in [1.82, 2.24) is 10.9 Å². The topological polar surface area (TPSA) is 114 Å². The lowest BCUT2D eigenvalue weighted by Gasteiger charge is -2.15. The zero-order chi connectivity index (χ0) is 24.9. The molecule has 0 saturated carbocycles. The lowest BCUT2D eigenvalue weighted by molar-refractivity contribution is -0.128. The Labute approximate surface area is 197 Å². The number of para-hydroxylation sites is 1. The molecule has 0 heterocycles. The third kappa shape index (κ3) is 6.10. The highest BCUT2D eigenvalue weighted by atomic mass is 32.2. The molecule has 2 amide bonds. The summed E-state index contributed by atoms with van der Waals surface area (Å²) < 4.78 is 46.6. The Balaban J connectivity index is 1.56. The molecule has 1 atom stereocenters. The number of carbonyl (C=O) groups excluding carboxylic acids is 2. The number of hydrazine groups is 1. The first kappa shape index (κ1) is 24.7. The van der Waals surface area contributed by atoms with E-state index in [-0.39, 0.29) is 21.9 Å². The number of sulfonamides is 1. The number of halogens is 1. The van der Waals surface area contributed by atoms with Crippen LogP contribution in [0.15, 0.2) is 71.6 Å². The second-order valence-corrected chi connectivity index (χ2v) is 9.25. The Hall–Kier alpha value is -3.92. The molecule has 0 aliphatic heterocycles. The van der Waals surface area contributed by atoms with Crippen molar-refractivity contribution < 1.29 is 27.1 Å². The summed E-state index contributed by atoms with van der Waals surface area (Å²) in [6, 6.07) is 16.1. The molecule has 0 radical (unpaired) electrons. The van der Waals surface area contributed by atoms with Gasteiger partial charge in [-0.25, -0.2) is 12.8 Å². The summed E-state index contributed by atoms with van der Waals surface area (Å²) in [7, 11) is -3.79. The Morgan fingerprint density at radius 1 is 0.912 bits per heavy atom. The van der Waals surface area contributed by atoms with E-state index in [9.17, 15) is 22.4 Å². The Morgan fingerprint density at radius 2 is 1.59 bits per heavy atom. The zero-order valence-corrected chi connectivity index (χ0v) is 19.6. The second kappa shape index (κ2) is 10.3. The van der Waals surface area contributed by atoms with Crippen LogP contribution in [0.2, 0.25) is 0 Å². The molecule has 8 nitrogen and oxygen atoms in total. The van der Waals surface area contributed by atoms with Crippen molar-refractivity contribution in [3.05, 3.63) is 89.2 Å². The fourth-order valence-corrected chi connectivity index (χ4v) is 4.00. The van der Waals surface area contributed by atoms with Gasteiger partial charge in [0.2, 0.25) is 0 Å². The monoisotopic (exact) mass is 485 g/mol. The van der Waals surface area contributed by atoms with Crippen LogP contribution in [0.25, 0.3) is 0 Å². The summed E-state index contributed by atoms with van der Waals surface area (Å²) in [6.07, 6.45) is -1.07. The van der Waals surface area contributed by atoms with E-state index >= 15 is 0 Å². The van der Waals surface area contributed by atoms with Crippen molar-refractivity contribution in [1.29, 1.82) is 0 Å². The summed E-state index contributed by atoms with van der Waals surface area (Å²) in [5.74, 6) is -2.01. The molecule has 0 saturated heterocycles. The van der Waals surface area contributed by atoms with Crippen LogP contribution in [-0.4, -0.2) is 26.3 Å². The van der Waals surface area contributed by atoms with Gasteiger partial charge in [0.05, 0.1) is 4.90 Å². The number of aryl methyl sites for hydroxylation is 2. The standard InChI is InChI=1S/C24H24FN3O5S/c1-15-8-13-20(14-16(15)2)34(31,32)28-19-11-9-18(10-12-19)24(30)27-26-23(29)17(3)33-22-7-5-4-6-21(22)25/h4-14,17,28H,1-3H3,(H,26,29)(H,27,30). The predicted molar refractivity (Wildman–Crippen MR) is 125 cm³/mol. The third-order valence-corrected chi connectivity index (χ3v) is 6.38. The van der Waals surface area contributed by atoms with Crippen molar-refractivity contribution in [2.24, 2.45) is 0 Å². The lowest BCUT2D eigenvalue weighted by Crippen LogP contribution is -2.47. The molecule has 0 aliphatic carbocycles. The van der Waals surface area contributed by atoms with Gasteiger partial charge in [0.15, 0.2) is 17.7 Å². The Kier molecular flexibility index (Phi) is 7.52. The number of rotatable bonds is 7. The molecular weight excluding hydrogens is 461 g/mol. The normalized spacial score (nSPS) is 11.9. The number of hydrogen-bond donors (Lipinski definition) is 3. The molecular formula is C24H24FN3O5S. The minimum atomic E-state index is -3.79. The maximum Gasteiger partial charge on any atom is 0.279 e. The van der Waals surface area contributed by atoms with E-state index in [2.05, 4.69) is 15.6 Å². The maximum atomic E-state index is 13.6. The highest BCUT2D eigenvalue weighted by Crippen LogP contribution is 2.19. The van der Waals surface area contributed by atoms with Crippen molar-refractivity contribution >= 4 is 27.5 Å². The van der Waals surface area contributed by atoms with E-state index < -0.39 is 33.8 Å². The fourth-order valence-electron chi connectivity index (χ4n) is 2.86. The summed E-state index contributed by atoms with van der Waals surface area (Å²) in [5.41, 5.74) is 6.72. The molecule has 3 N–H and O–H groups in total. The molecule has 0 aromatic heterocycles. The van der Waals surface area contributed by atoms with Crippen LogP contribution in [-0.2, 0) is 14.8 Å². The van der Waals surface area contributed by atoms with Gasteiger partial charge in [0.25, 0.3) is 21.8 Å². The maximum absolute atomic E-state index is 13.6. The van der Waals surface area contributed by atoms with Gasteiger partial charge in [-0.05, 0) is 80.4 Å². The molecule has 178 valence electrons. The van der Waals surface area contributed by atoms with Crippen LogP contribution in [0.1, 0.15) is 28.4 Å². The van der Waals surface area contributed by atoms with Gasteiger partial charge < -0.3 is 4.74 Å². The highest BCUT2D eigenvalue weighted by Gasteiger charge is 2.18. The van der Waals surface area contributed by atoms with Crippen LogP contribution in [0.5, 0.6) is 5.75 Å². The molecule has 34 heavy (non-hydrogen) atoms. The van der Waals surface area contributed by atoms with Gasteiger partial charge in [-0.2, -0.15) is 0 Å². The van der Waals surface area contributed by atoms with Crippen LogP contribution in [0.3, 0.4) is 0 Å². The minimum Gasteiger partial charge on any atom is -0.478 e. The van der Waals surface area contributed by atoms with Crippen molar-refractivity contribution in [3.8, 4) is 5.75 Å². The van der Waals surface area contributed by atoms with Crippen LogP contribution in [0.4, 0.5) is 10.1 Å². The summed E-state index contributed by atoms with van der Waals surface area (Å²) in [6.45, 7) is 5.12. The van der Waals surface area contributed by atoms with Gasteiger partial charge in [-0.3, -0.25) is 25.2 Å². The van der Waals surface area contributed by atoms with E-state index in [1.54, 1.807) is 18.2 Å². The van der Waals surface area contributed by atoms with Crippen LogP contribution in [0, 0.1) is 19.7 Å². The van der Waals surface area contributed by atoms with E-state index in [1.165, 1.54) is 55.5 Å². The van der Waals surface area contributed by atoms with E-state index in [0.717, 1.165) is 11.1 Å². The number of amides is 2. The molecule has 0 aliphatic rings. The first-order valence-electron chi connectivity index (χ1n) is 10.3. The molecule has 3 aromatic rings. The van der Waals surface area contributed by atoms with E-state index in [0.29, 0.717) is 0 Å². The average Bonchev–Trinajstić information content (AvgIpc) is 2.80. The number of benzene rings is 3. The third-order valence-electron chi connectivity index (χ3n) is 5.00. The van der Waals surface area contributed by atoms with Crippen LogP contribution >= 0.6 is 0 Å². The molecule has 1 unspecified atom stereocenters. The van der Waals surface area contributed by atoms with Gasteiger partial charge in [-0.15, -0.1) is 0 Å². The van der Waals surface area contributed by atoms with Gasteiger partial charge in [0, 0.05) is 11.3 Å². The molecule has 0 spiro atoms. The molecule has 0 fully saturated rings. The predicted octanol–water partition coefficient (Wildman–Crippen LogP) is 3.47. The Bertz CT molecular complexity index is 1310. The minimum absolute atomic E-state index is 0.0877.